The van der Waals surface area contributed by atoms with Gasteiger partial charge in [-0.25, -0.2) is 4.39 Å². The second-order valence-electron chi connectivity index (χ2n) is 8.75. The molecule has 1 saturated carbocycles. The Bertz CT molecular complexity index is 686. The number of carbonyl (C=O) groups is 2. The third-order valence-corrected chi connectivity index (χ3v) is 6.18. The highest BCUT2D eigenvalue weighted by molar-refractivity contribution is 5.79. The average Bonchev–Trinajstić information content (AvgIpc) is 3.13. The van der Waals surface area contributed by atoms with Gasteiger partial charge in [0, 0.05) is 32.1 Å². The molecule has 1 saturated heterocycles. The molecule has 1 N–H and O–H groups in total. The molecule has 1 aromatic rings. The van der Waals surface area contributed by atoms with Gasteiger partial charge in [-0.3, -0.25) is 14.5 Å². The molecule has 1 atom stereocenters. The highest BCUT2D eigenvalue weighted by atomic mass is 19.1. The molecule has 29 heavy (non-hydrogen) atoms. The Labute approximate surface area is 173 Å². The summed E-state index contributed by atoms with van der Waals surface area (Å²) in [5.74, 6) is 0.361. The quantitative estimate of drug-likeness (QED) is 0.792. The maximum Gasteiger partial charge on any atom is 0.234 e. The molecule has 1 aliphatic carbocycles. The number of carbonyl (C=O) groups excluding carboxylic acids is 2. The van der Waals surface area contributed by atoms with Crippen molar-refractivity contribution in [3.63, 3.8) is 0 Å². The van der Waals surface area contributed by atoms with Gasteiger partial charge in [-0.2, -0.15) is 0 Å². The summed E-state index contributed by atoms with van der Waals surface area (Å²) in [7, 11) is 0. The number of nitrogens with one attached hydrogen (secondary N) is 1. The van der Waals surface area contributed by atoms with Gasteiger partial charge >= 0.3 is 0 Å². The predicted octanol–water partition coefficient (Wildman–Crippen LogP) is 3.36. The van der Waals surface area contributed by atoms with Crippen molar-refractivity contribution in [3.05, 3.63) is 35.6 Å². The first-order valence-electron chi connectivity index (χ1n) is 11.0. The van der Waals surface area contributed by atoms with E-state index in [1.807, 2.05) is 18.7 Å². The SMILES string of the molecule is CC(C)C(=O)N1CCCN(CC(=O)NC(c2ccc(F)cc2)C2CCCC2)CC1. The van der Waals surface area contributed by atoms with Gasteiger partial charge in [-0.15, -0.1) is 0 Å². The molecular formula is C23H34FN3O2. The molecule has 0 spiro atoms. The van der Waals surface area contributed by atoms with E-state index in [1.165, 1.54) is 25.0 Å². The van der Waals surface area contributed by atoms with Gasteiger partial charge in [-0.1, -0.05) is 38.8 Å². The molecule has 3 rings (SSSR count). The molecule has 1 unspecified atom stereocenters. The Kier molecular flexibility index (Phi) is 7.64. The van der Waals surface area contributed by atoms with Crippen LogP contribution in [0.4, 0.5) is 4.39 Å². The molecule has 2 fully saturated rings. The molecule has 1 aliphatic heterocycles. The summed E-state index contributed by atoms with van der Waals surface area (Å²) in [6.07, 6.45) is 5.44. The number of benzene rings is 1. The van der Waals surface area contributed by atoms with Crippen LogP contribution in [0.2, 0.25) is 0 Å². The van der Waals surface area contributed by atoms with Crippen molar-refractivity contribution in [1.29, 1.82) is 0 Å². The van der Waals surface area contributed by atoms with Crippen LogP contribution in [0.25, 0.3) is 0 Å². The van der Waals surface area contributed by atoms with E-state index in [2.05, 4.69) is 10.2 Å². The fourth-order valence-corrected chi connectivity index (χ4v) is 4.57. The Balaban J connectivity index is 1.58. The third kappa shape index (κ3) is 6.01. The van der Waals surface area contributed by atoms with Crippen molar-refractivity contribution in [3.8, 4) is 0 Å². The van der Waals surface area contributed by atoms with Crippen molar-refractivity contribution in [2.75, 3.05) is 32.7 Å². The van der Waals surface area contributed by atoms with Crippen molar-refractivity contribution >= 4 is 11.8 Å². The van der Waals surface area contributed by atoms with Crippen LogP contribution in [0, 0.1) is 17.7 Å². The summed E-state index contributed by atoms with van der Waals surface area (Å²) in [6, 6.07) is 6.47. The van der Waals surface area contributed by atoms with E-state index >= 15 is 0 Å². The zero-order valence-electron chi connectivity index (χ0n) is 17.7. The number of rotatable bonds is 6. The van der Waals surface area contributed by atoms with E-state index in [-0.39, 0.29) is 29.6 Å². The second-order valence-corrected chi connectivity index (χ2v) is 8.75. The van der Waals surface area contributed by atoms with Crippen LogP contribution in [-0.2, 0) is 9.59 Å². The van der Waals surface area contributed by atoms with E-state index in [4.69, 9.17) is 0 Å². The van der Waals surface area contributed by atoms with Crippen LogP contribution < -0.4 is 5.32 Å². The lowest BCUT2D eigenvalue weighted by Gasteiger charge is -2.27. The first-order chi connectivity index (χ1) is 13.9. The second kappa shape index (κ2) is 10.2. The van der Waals surface area contributed by atoms with Crippen LogP contribution in [0.1, 0.15) is 57.6 Å². The minimum atomic E-state index is -0.254. The number of halogens is 1. The monoisotopic (exact) mass is 403 g/mol. The van der Waals surface area contributed by atoms with E-state index < -0.39 is 0 Å². The van der Waals surface area contributed by atoms with Crippen LogP contribution in [0.3, 0.4) is 0 Å². The molecule has 0 bridgehead atoms. The number of amides is 2. The highest BCUT2D eigenvalue weighted by Gasteiger charge is 2.29. The summed E-state index contributed by atoms with van der Waals surface area (Å²) in [4.78, 5) is 29.2. The van der Waals surface area contributed by atoms with E-state index in [0.29, 0.717) is 19.0 Å². The van der Waals surface area contributed by atoms with Crippen LogP contribution >= 0.6 is 0 Å². The minimum absolute atomic E-state index is 0.00716. The molecule has 1 aromatic carbocycles. The van der Waals surface area contributed by atoms with Crippen LogP contribution in [-0.4, -0.2) is 54.3 Å². The van der Waals surface area contributed by atoms with Gasteiger partial charge in [-0.05, 0) is 42.9 Å². The van der Waals surface area contributed by atoms with Crippen molar-refractivity contribution < 1.29 is 14.0 Å². The minimum Gasteiger partial charge on any atom is -0.348 e. The van der Waals surface area contributed by atoms with Crippen molar-refractivity contribution in [1.82, 2.24) is 15.1 Å². The van der Waals surface area contributed by atoms with E-state index in [1.54, 1.807) is 12.1 Å². The lowest BCUT2D eigenvalue weighted by Crippen LogP contribution is -2.42. The molecule has 1 heterocycles. The molecule has 6 heteroatoms. The summed E-state index contributed by atoms with van der Waals surface area (Å²) in [5, 5.41) is 3.23. The number of hydrogen-bond donors (Lipinski definition) is 1. The fraction of sp³-hybridized carbons (Fsp3) is 0.652. The Hall–Kier alpha value is -1.95. The Morgan fingerprint density at radius 3 is 2.38 bits per heavy atom. The maximum absolute atomic E-state index is 13.4. The predicted molar refractivity (Wildman–Crippen MR) is 112 cm³/mol. The lowest BCUT2D eigenvalue weighted by molar-refractivity contribution is -0.134. The topological polar surface area (TPSA) is 52.7 Å². The van der Waals surface area contributed by atoms with Crippen molar-refractivity contribution in [2.24, 2.45) is 11.8 Å². The van der Waals surface area contributed by atoms with Crippen LogP contribution in [0.5, 0.6) is 0 Å². The summed E-state index contributed by atoms with van der Waals surface area (Å²) >= 11 is 0. The largest absolute Gasteiger partial charge is 0.348 e. The first kappa shape index (κ1) is 21.8. The number of nitrogens with zero attached hydrogens (tertiary/aromatic N) is 2. The zero-order valence-corrected chi connectivity index (χ0v) is 17.7. The normalized spacial score (nSPS) is 19.9. The Morgan fingerprint density at radius 1 is 1.03 bits per heavy atom. The molecule has 160 valence electrons. The molecule has 0 radical (unpaired) electrons. The standard InChI is InChI=1S/C23H34FN3O2/c1-17(2)23(29)27-13-5-12-26(14-15-27)16-21(28)25-22(18-6-3-4-7-18)19-8-10-20(24)11-9-19/h8-11,17-18,22H,3-7,12-16H2,1-2H3,(H,25,28). The lowest BCUT2D eigenvalue weighted by atomic mass is 9.91. The van der Waals surface area contributed by atoms with Gasteiger partial charge in [0.2, 0.25) is 11.8 Å². The van der Waals surface area contributed by atoms with Crippen molar-refractivity contribution in [2.45, 2.75) is 52.0 Å². The zero-order chi connectivity index (χ0) is 20.8. The molecule has 2 amide bonds. The van der Waals surface area contributed by atoms with Gasteiger partial charge in [0.05, 0.1) is 12.6 Å². The molecule has 2 aliphatic rings. The van der Waals surface area contributed by atoms with Gasteiger partial charge in [0.25, 0.3) is 0 Å². The fourth-order valence-electron chi connectivity index (χ4n) is 4.57. The molecule has 0 aromatic heterocycles. The molecule has 5 nitrogen and oxygen atoms in total. The van der Waals surface area contributed by atoms with E-state index in [0.717, 1.165) is 44.5 Å². The summed E-state index contributed by atoms with van der Waals surface area (Å²) < 4.78 is 13.4. The highest BCUT2D eigenvalue weighted by Crippen LogP contribution is 2.35. The van der Waals surface area contributed by atoms with Gasteiger partial charge in [0.15, 0.2) is 0 Å². The van der Waals surface area contributed by atoms with E-state index in [9.17, 15) is 14.0 Å². The summed E-state index contributed by atoms with van der Waals surface area (Å²) in [6.45, 7) is 7.17. The Morgan fingerprint density at radius 2 is 1.72 bits per heavy atom. The smallest absolute Gasteiger partial charge is 0.234 e. The molecular weight excluding hydrogens is 369 g/mol. The average molecular weight is 404 g/mol. The first-order valence-corrected chi connectivity index (χ1v) is 11.0. The number of hydrogen-bond acceptors (Lipinski definition) is 3. The van der Waals surface area contributed by atoms with Crippen LogP contribution in [0.15, 0.2) is 24.3 Å². The maximum atomic E-state index is 13.4. The van der Waals surface area contributed by atoms with Gasteiger partial charge < -0.3 is 10.2 Å². The summed E-state index contributed by atoms with van der Waals surface area (Å²) in [5.41, 5.74) is 0.983. The third-order valence-electron chi connectivity index (χ3n) is 6.18. The van der Waals surface area contributed by atoms with Gasteiger partial charge in [0.1, 0.15) is 5.82 Å².